The molecule has 1 saturated heterocycles. The Bertz CT molecular complexity index is 2200. The molecule has 1 aliphatic heterocycles. The number of para-hydroxylation sites is 1. The number of aliphatic carboxylic acids is 1. The largest absolute Gasteiger partial charge is 0.573 e. The van der Waals surface area contributed by atoms with E-state index in [0.717, 1.165) is 29.8 Å². The molecule has 0 unspecified atom stereocenters. The van der Waals surface area contributed by atoms with Gasteiger partial charge in [0.25, 0.3) is 0 Å². The summed E-state index contributed by atoms with van der Waals surface area (Å²) in [6.45, 7) is 22.0. The number of carbonyl (C=O) groups excluding carboxylic acids is 8. The standard InChI is InChI=1S/C48H61N9O7.CHO.2CO.Tc/c1-32(2)44(47(63)57-27-13-15-34(57)4)55-46(62)41(29-43(59)60)53-45(61)40(19-9-12-26-56(30-37-16-7-10-24-49-37)31-38-17-8-11-25-50-38)52-42(58)28-35-20-22-36(23-21-35)51-48(64)54-39-18-6-5-14-33(39)3;3*1-2;/h5-8,10-11,14,16-18,20-25,32,34,40-41,44H,9,12-13,15,19,26-31H2,1-4H3,(H,52,58)(H,53,61)(H,55,62)(H,59,60)(H2,51,54,64);1H;;;/q;+1;2*-1;/t34-,40+,41+,44+;;;;/m1..../s1. The van der Waals surface area contributed by atoms with E-state index >= 15 is 0 Å². The van der Waals surface area contributed by atoms with Crippen molar-refractivity contribution >= 4 is 67.4 Å². The predicted octanol–water partition coefficient (Wildman–Crippen LogP) is 4.37. The third kappa shape index (κ3) is 22.0. The summed E-state index contributed by atoms with van der Waals surface area (Å²) in [5.41, 5.74) is 4.48. The quantitative estimate of drug-likeness (QED) is 0.0363. The van der Waals surface area contributed by atoms with Gasteiger partial charge in [0.2, 0.25) is 23.6 Å². The van der Waals surface area contributed by atoms with Gasteiger partial charge in [0.1, 0.15) is 18.1 Å². The number of carboxylic acid groups (broad SMARTS) is 1. The van der Waals surface area contributed by atoms with Crippen LogP contribution in [0.25, 0.3) is 0 Å². The topological polar surface area (TPSA) is 266 Å². The molecule has 6 amide bonds. The molecule has 4 aromatic rings. The first kappa shape index (κ1) is 61.9. The van der Waals surface area contributed by atoms with E-state index in [4.69, 9.17) is 14.4 Å². The molecule has 0 spiro atoms. The molecule has 20 heteroatoms. The van der Waals surface area contributed by atoms with Gasteiger partial charge in [-0.1, -0.05) is 56.3 Å². The van der Waals surface area contributed by atoms with Crippen molar-refractivity contribution in [1.82, 2.24) is 35.7 Å². The van der Waals surface area contributed by atoms with Crippen LogP contribution in [0.1, 0.15) is 81.8 Å². The Morgan fingerprint density at radius 3 is 1.87 bits per heavy atom. The monoisotopic (exact) mass is 1060 g/mol. The van der Waals surface area contributed by atoms with E-state index in [9.17, 15) is 33.9 Å². The number of carbonyl (C=O) groups is 6. The molecule has 19 nitrogen and oxygen atoms in total. The number of amides is 6. The fraction of sp³-hybridized carbons (Fsp3) is 0.392. The van der Waals surface area contributed by atoms with Gasteiger partial charge in [-0.2, -0.15) is 0 Å². The number of pyridine rings is 2. The minimum atomic E-state index is -1.52. The first-order chi connectivity index (χ1) is 33.7. The molecule has 3 heterocycles. The van der Waals surface area contributed by atoms with E-state index in [1.807, 2.05) is 68.4 Å². The number of aromatic nitrogens is 2. The van der Waals surface area contributed by atoms with Gasteiger partial charge in [-0.3, -0.25) is 38.8 Å². The van der Waals surface area contributed by atoms with Gasteiger partial charge in [0.05, 0.1) is 24.2 Å². The average Bonchev–Trinajstić information content (AvgIpc) is 3.80. The number of nitrogens with zero attached hydrogens (tertiary/aromatic N) is 4. The van der Waals surface area contributed by atoms with Crippen molar-refractivity contribution in [3.8, 4) is 0 Å². The number of likely N-dealkylation sites (tertiary alicyclic amines) is 1. The summed E-state index contributed by atoms with van der Waals surface area (Å²) in [7, 11) is 0. The number of aryl methyl sites for hydroxylation is 1. The third-order valence-electron chi connectivity index (χ3n) is 11.1. The van der Waals surface area contributed by atoms with Crippen LogP contribution in [0.2, 0.25) is 0 Å². The van der Waals surface area contributed by atoms with E-state index in [2.05, 4.69) is 61.8 Å². The van der Waals surface area contributed by atoms with Gasteiger partial charge < -0.3 is 59.8 Å². The molecule has 0 aliphatic carbocycles. The number of hydrogen-bond acceptors (Lipinski definition) is 12. The molecule has 2 aromatic heterocycles. The van der Waals surface area contributed by atoms with Crippen molar-refractivity contribution in [3.05, 3.63) is 120 Å². The molecule has 379 valence electrons. The Morgan fingerprint density at radius 2 is 1.35 bits per heavy atom. The smallest absolute Gasteiger partial charge is 0.490 e. The maximum absolute atomic E-state index is 14.1. The fourth-order valence-corrected chi connectivity index (χ4v) is 7.61. The fourth-order valence-electron chi connectivity index (χ4n) is 7.61. The van der Waals surface area contributed by atoms with E-state index in [0.29, 0.717) is 56.0 Å². The molecule has 3 radical (unpaired) electrons. The SMILES string of the molecule is Cc1ccccc1NC(=O)Nc1ccc(CC(=O)N[C@@H](CCCCN(Cc2ccccn2)Cc2ccccn2)C(=O)N[C@@H](CC(=O)O)C(=O)N[C@H](C(=O)N2CCC[C@H]2C)C(C)C)cc1.[C-]=O.[C-]=O.[CH+]=O.[Tc]. The number of urea groups is 1. The Morgan fingerprint density at radius 1 is 0.775 bits per heavy atom. The summed E-state index contributed by atoms with van der Waals surface area (Å²) in [6.07, 6.45) is 5.62. The van der Waals surface area contributed by atoms with Crippen LogP contribution in [-0.2, 0) is 78.0 Å². The maximum atomic E-state index is 14.1. The van der Waals surface area contributed by atoms with Crippen LogP contribution in [0, 0.1) is 12.8 Å². The molecule has 71 heavy (non-hydrogen) atoms. The van der Waals surface area contributed by atoms with Crippen molar-refractivity contribution in [2.24, 2.45) is 5.92 Å². The number of benzene rings is 2. The number of rotatable bonds is 22. The summed E-state index contributed by atoms with van der Waals surface area (Å²) >= 11 is 0. The number of anilines is 2. The Labute approximate surface area is 429 Å². The second-order valence-electron chi connectivity index (χ2n) is 16.6. The number of nitrogens with one attached hydrogen (secondary N) is 5. The maximum Gasteiger partial charge on any atom is 0.490 e. The first-order valence-corrected chi connectivity index (χ1v) is 22.6. The molecule has 1 fully saturated rings. The number of unbranched alkanes of at least 4 members (excludes halogenated alkanes) is 1. The first-order valence-electron chi connectivity index (χ1n) is 22.6. The summed E-state index contributed by atoms with van der Waals surface area (Å²) in [5.74, 6) is -3.90. The summed E-state index contributed by atoms with van der Waals surface area (Å²) in [4.78, 5) is 115. The molecule has 0 saturated carbocycles. The molecule has 4 atom stereocenters. The Hall–Kier alpha value is -7.11. The molecular weight excluding hydrogens is 997 g/mol. The van der Waals surface area contributed by atoms with Crippen LogP contribution in [0.4, 0.5) is 16.2 Å². The van der Waals surface area contributed by atoms with E-state index < -0.39 is 54.3 Å². The number of carboxylic acids is 1. The molecule has 1 aliphatic rings. The minimum Gasteiger partial charge on any atom is -0.573 e. The van der Waals surface area contributed by atoms with Crippen LogP contribution >= 0.6 is 0 Å². The predicted molar refractivity (Wildman–Crippen MR) is 262 cm³/mol. The zero-order chi connectivity index (χ0) is 52.0. The van der Waals surface area contributed by atoms with Crippen LogP contribution in [0.5, 0.6) is 0 Å². The Balaban J connectivity index is 0.00000346. The third-order valence-corrected chi connectivity index (χ3v) is 11.1. The Kier molecular flexibility index (Phi) is 29.8. The van der Waals surface area contributed by atoms with Crippen molar-refractivity contribution in [3.63, 3.8) is 0 Å². The van der Waals surface area contributed by atoms with Crippen LogP contribution in [-0.4, -0.2) is 118 Å². The van der Waals surface area contributed by atoms with Crippen molar-refractivity contribution in [2.75, 3.05) is 23.7 Å². The number of hydrogen-bond donors (Lipinski definition) is 6. The zero-order valence-corrected chi connectivity index (χ0v) is 42.1. The van der Waals surface area contributed by atoms with Gasteiger partial charge in [-0.05, 0) is 112 Å². The minimum absolute atomic E-state index is 0. The van der Waals surface area contributed by atoms with Crippen molar-refractivity contribution in [2.45, 2.75) is 110 Å². The summed E-state index contributed by atoms with van der Waals surface area (Å²) in [6, 6.07) is 21.6. The molecule has 5 rings (SSSR count). The average molecular weight is 1060 g/mol. The van der Waals surface area contributed by atoms with Gasteiger partial charge >= 0.3 is 18.8 Å². The van der Waals surface area contributed by atoms with Crippen LogP contribution < -0.4 is 26.6 Å². The summed E-state index contributed by atoms with van der Waals surface area (Å²) < 4.78 is 0. The molecule has 2 aromatic carbocycles. The molecular formula is C51H62N9O10Tc-. The van der Waals surface area contributed by atoms with Gasteiger partial charge in [0.15, 0.2) is 0 Å². The van der Waals surface area contributed by atoms with Crippen LogP contribution in [0.3, 0.4) is 0 Å². The van der Waals surface area contributed by atoms with E-state index in [-0.39, 0.29) is 50.8 Å². The van der Waals surface area contributed by atoms with Crippen molar-refractivity contribution < 1.29 is 68.4 Å². The van der Waals surface area contributed by atoms with Crippen molar-refractivity contribution in [1.29, 1.82) is 0 Å². The zero-order valence-electron chi connectivity index (χ0n) is 40.3. The van der Waals surface area contributed by atoms with Gasteiger partial charge in [-0.15, -0.1) is 0 Å². The van der Waals surface area contributed by atoms with E-state index in [1.165, 1.54) is 0 Å². The molecule has 6 N–H and O–H groups in total. The van der Waals surface area contributed by atoms with Crippen LogP contribution in [0.15, 0.2) is 97.3 Å². The normalized spacial score (nSPS) is 13.6. The van der Waals surface area contributed by atoms with Gasteiger partial charge in [0, 0.05) is 74.3 Å². The second kappa shape index (κ2) is 34.2. The molecule has 0 bridgehead atoms. The summed E-state index contributed by atoms with van der Waals surface area (Å²) in [5, 5.41) is 23.6. The van der Waals surface area contributed by atoms with E-state index in [1.54, 1.807) is 61.5 Å². The van der Waals surface area contributed by atoms with Gasteiger partial charge in [-0.25, -0.2) is 4.79 Å². The second-order valence-corrected chi connectivity index (χ2v) is 16.6.